The summed E-state index contributed by atoms with van der Waals surface area (Å²) in [7, 11) is 0. The number of hydrogen-bond acceptors (Lipinski definition) is 6. The van der Waals surface area contributed by atoms with Crippen molar-refractivity contribution in [2.75, 3.05) is 6.79 Å². The first-order chi connectivity index (χ1) is 16.1. The molecule has 7 nitrogen and oxygen atoms in total. The topological polar surface area (TPSA) is 88.8 Å². The van der Waals surface area contributed by atoms with E-state index in [1.807, 2.05) is 24.3 Å². The van der Waals surface area contributed by atoms with Crippen molar-refractivity contribution in [1.82, 2.24) is 19.5 Å². The number of benzene rings is 2. The van der Waals surface area contributed by atoms with Gasteiger partial charge >= 0.3 is 0 Å². The SMILES string of the molecule is N=c1ncn(C(c2ccc(Cl)cc2)C2CCC2)c2nc(Sc3cc4c(cc3Br)OCO4)[nH]c12. The monoisotopic (exact) mass is 543 g/mol. The molecule has 0 saturated heterocycles. The predicted octanol–water partition coefficient (Wildman–Crippen LogP) is 5.92. The molecule has 1 unspecified atom stereocenters. The van der Waals surface area contributed by atoms with Crippen LogP contribution < -0.4 is 15.0 Å². The Bertz CT molecular complexity index is 1420. The van der Waals surface area contributed by atoms with Crippen LogP contribution in [0.3, 0.4) is 0 Å². The van der Waals surface area contributed by atoms with E-state index in [0.717, 1.165) is 33.6 Å². The van der Waals surface area contributed by atoms with Crippen LogP contribution in [0.1, 0.15) is 30.9 Å². The van der Waals surface area contributed by atoms with Crippen LogP contribution in [-0.4, -0.2) is 26.3 Å². The number of halogens is 2. The average Bonchev–Trinajstić information content (AvgIpc) is 3.39. The number of fused-ring (bicyclic) bond motifs is 2. The van der Waals surface area contributed by atoms with E-state index in [4.69, 9.17) is 31.5 Å². The number of nitrogens with zero attached hydrogens (tertiary/aromatic N) is 3. The summed E-state index contributed by atoms with van der Waals surface area (Å²) in [6.45, 7) is 0.224. The van der Waals surface area contributed by atoms with E-state index in [9.17, 15) is 0 Å². The highest BCUT2D eigenvalue weighted by Crippen LogP contribution is 2.44. The molecule has 2 N–H and O–H groups in total. The summed E-state index contributed by atoms with van der Waals surface area (Å²) in [6.07, 6.45) is 5.28. The highest BCUT2D eigenvalue weighted by atomic mass is 79.9. The lowest BCUT2D eigenvalue weighted by molar-refractivity contribution is 0.174. The van der Waals surface area contributed by atoms with Crippen LogP contribution in [0.5, 0.6) is 11.5 Å². The van der Waals surface area contributed by atoms with Crippen molar-refractivity contribution in [3.05, 3.63) is 63.3 Å². The molecule has 0 amide bonds. The largest absolute Gasteiger partial charge is 0.454 e. The molecule has 1 atom stereocenters. The van der Waals surface area contributed by atoms with Crippen molar-refractivity contribution in [2.45, 2.75) is 35.4 Å². The molecule has 4 aromatic rings. The van der Waals surface area contributed by atoms with Crippen molar-refractivity contribution in [3.8, 4) is 11.5 Å². The molecular weight excluding hydrogens is 526 g/mol. The van der Waals surface area contributed by atoms with Gasteiger partial charge in [0, 0.05) is 14.4 Å². The Balaban J connectivity index is 1.43. The average molecular weight is 545 g/mol. The quantitative estimate of drug-likeness (QED) is 0.325. The molecule has 1 saturated carbocycles. The molecule has 2 aromatic heterocycles. The van der Waals surface area contributed by atoms with Gasteiger partial charge in [-0.05, 0) is 64.5 Å². The normalized spacial score (nSPS) is 16.2. The van der Waals surface area contributed by atoms with Crippen LogP contribution in [0.2, 0.25) is 5.02 Å². The van der Waals surface area contributed by atoms with Gasteiger partial charge in [-0.1, -0.05) is 41.9 Å². The summed E-state index contributed by atoms with van der Waals surface area (Å²) in [4.78, 5) is 13.5. The van der Waals surface area contributed by atoms with Gasteiger partial charge in [0.2, 0.25) is 6.79 Å². The second-order valence-corrected chi connectivity index (χ2v) is 10.5. The number of nitrogens with one attached hydrogen (secondary N) is 2. The Labute approximate surface area is 207 Å². The van der Waals surface area contributed by atoms with Crippen LogP contribution in [0, 0.1) is 11.3 Å². The maximum atomic E-state index is 8.37. The molecule has 0 bridgehead atoms. The second kappa shape index (κ2) is 8.38. The first-order valence-corrected chi connectivity index (χ1v) is 12.6. The number of aromatic amines is 1. The number of aromatic nitrogens is 4. The fraction of sp³-hybridized carbons (Fsp3) is 0.261. The van der Waals surface area contributed by atoms with Crippen LogP contribution >= 0.6 is 39.3 Å². The van der Waals surface area contributed by atoms with Gasteiger partial charge in [-0.2, -0.15) is 0 Å². The summed E-state index contributed by atoms with van der Waals surface area (Å²) in [6, 6.07) is 11.9. The van der Waals surface area contributed by atoms with Crippen molar-refractivity contribution in [2.24, 2.45) is 5.92 Å². The van der Waals surface area contributed by atoms with E-state index >= 15 is 0 Å². The van der Waals surface area contributed by atoms with Crippen LogP contribution in [0.4, 0.5) is 0 Å². The van der Waals surface area contributed by atoms with Gasteiger partial charge in [0.1, 0.15) is 5.52 Å². The third kappa shape index (κ3) is 3.82. The van der Waals surface area contributed by atoms with E-state index < -0.39 is 0 Å². The summed E-state index contributed by atoms with van der Waals surface area (Å²) >= 11 is 11.2. The summed E-state index contributed by atoms with van der Waals surface area (Å²) < 4.78 is 14.0. The molecule has 1 aliphatic carbocycles. The van der Waals surface area contributed by atoms with Gasteiger partial charge in [0.25, 0.3) is 0 Å². The van der Waals surface area contributed by atoms with Crippen molar-refractivity contribution < 1.29 is 9.47 Å². The standard InChI is InChI=1S/C23H19BrClN5O2S/c24-15-8-16-17(32-11-31-16)9-18(15)33-23-28-19-21(26)27-10-30(22(19)29-23)20(12-2-1-3-12)13-4-6-14(25)7-5-13/h4-10,12,20,26H,1-3,11H2,(H,28,29). The molecule has 10 heteroatoms. The molecule has 1 fully saturated rings. The van der Waals surface area contributed by atoms with E-state index in [-0.39, 0.29) is 18.3 Å². The van der Waals surface area contributed by atoms with Crippen LogP contribution in [0.25, 0.3) is 11.2 Å². The Kier molecular flexibility index (Phi) is 5.35. The first-order valence-electron chi connectivity index (χ1n) is 10.6. The molecule has 3 heterocycles. The van der Waals surface area contributed by atoms with Gasteiger partial charge in [0.05, 0.1) is 12.4 Å². The summed E-state index contributed by atoms with van der Waals surface area (Å²) in [5.74, 6) is 1.92. The Morgan fingerprint density at radius 3 is 2.67 bits per heavy atom. The molecule has 0 radical (unpaired) electrons. The zero-order chi connectivity index (χ0) is 22.5. The van der Waals surface area contributed by atoms with Gasteiger partial charge in [0.15, 0.2) is 27.8 Å². The van der Waals surface area contributed by atoms with E-state index in [2.05, 4.69) is 42.6 Å². The van der Waals surface area contributed by atoms with Gasteiger partial charge in [-0.15, -0.1) is 0 Å². The molecule has 2 aromatic carbocycles. The third-order valence-corrected chi connectivity index (χ3v) is 8.31. The zero-order valence-electron chi connectivity index (χ0n) is 17.3. The van der Waals surface area contributed by atoms with Gasteiger partial charge in [-0.25, -0.2) is 9.97 Å². The lowest BCUT2D eigenvalue weighted by atomic mass is 9.77. The van der Waals surface area contributed by atoms with Crippen LogP contribution in [-0.2, 0) is 0 Å². The predicted molar refractivity (Wildman–Crippen MR) is 129 cm³/mol. The molecular formula is C23H19BrClN5O2S. The molecule has 2 aliphatic rings. The van der Waals surface area contributed by atoms with Gasteiger partial charge in [-0.3, -0.25) is 5.41 Å². The lowest BCUT2D eigenvalue weighted by Gasteiger charge is -2.35. The fourth-order valence-electron chi connectivity index (χ4n) is 4.34. The van der Waals surface area contributed by atoms with E-state index in [1.54, 1.807) is 6.33 Å². The molecule has 0 spiro atoms. The van der Waals surface area contributed by atoms with Crippen LogP contribution in [0.15, 0.2) is 57.3 Å². The highest BCUT2D eigenvalue weighted by molar-refractivity contribution is 9.10. The number of rotatable bonds is 5. The van der Waals surface area contributed by atoms with Gasteiger partial charge < -0.3 is 19.0 Å². The van der Waals surface area contributed by atoms with E-state index in [0.29, 0.717) is 27.4 Å². The minimum absolute atomic E-state index is 0.0880. The Morgan fingerprint density at radius 2 is 1.94 bits per heavy atom. The zero-order valence-corrected chi connectivity index (χ0v) is 20.5. The summed E-state index contributed by atoms with van der Waals surface area (Å²) in [5.41, 5.74) is 2.69. The maximum Gasteiger partial charge on any atom is 0.231 e. The first kappa shape index (κ1) is 21.1. The molecule has 6 rings (SSSR count). The molecule has 168 valence electrons. The molecule has 1 aliphatic heterocycles. The summed E-state index contributed by atoms with van der Waals surface area (Å²) in [5, 5.41) is 9.77. The third-order valence-electron chi connectivity index (χ3n) is 6.20. The maximum absolute atomic E-state index is 8.37. The minimum atomic E-state index is 0.0880. The highest BCUT2D eigenvalue weighted by Gasteiger charge is 2.31. The van der Waals surface area contributed by atoms with Crippen molar-refractivity contribution in [1.29, 1.82) is 5.41 Å². The molecule has 33 heavy (non-hydrogen) atoms. The van der Waals surface area contributed by atoms with Crippen molar-refractivity contribution in [3.63, 3.8) is 0 Å². The number of hydrogen-bond donors (Lipinski definition) is 2. The Hall–Kier alpha value is -2.49. The number of imidazole rings is 1. The number of ether oxygens (including phenoxy) is 2. The minimum Gasteiger partial charge on any atom is -0.454 e. The second-order valence-electron chi connectivity index (χ2n) is 8.17. The number of H-pyrrole nitrogens is 1. The lowest BCUT2D eigenvalue weighted by Crippen LogP contribution is -2.28. The van der Waals surface area contributed by atoms with Crippen molar-refractivity contribution >= 4 is 50.5 Å². The Morgan fingerprint density at radius 1 is 1.18 bits per heavy atom. The smallest absolute Gasteiger partial charge is 0.231 e. The fourth-order valence-corrected chi connectivity index (χ4v) is 5.85. The van der Waals surface area contributed by atoms with E-state index in [1.165, 1.54) is 23.7 Å².